The predicted molar refractivity (Wildman–Crippen MR) is 95.5 cm³/mol. The normalized spacial score (nSPS) is 14.4. The maximum atomic E-state index is 12.4. The van der Waals surface area contributed by atoms with Crippen LogP contribution < -0.4 is 4.72 Å². The smallest absolute Gasteiger partial charge is 0.283 e. The molecule has 8 heteroatoms. The van der Waals surface area contributed by atoms with Crippen LogP contribution in [0.1, 0.15) is 29.9 Å². The van der Waals surface area contributed by atoms with Gasteiger partial charge in [0.25, 0.3) is 5.69 Å². The first kappa shape index (κ1) is 16.9. The average molecular weight is 411 g/mol. The molecule has 0 aliphatic heterocycles. The molecule has 0 atom stereocenters. The van der Waals surface area contributed by atoms with Gasteiger partial charge in [-0.25, -0.2) is 8.42 Å². The Morgan fingerprint density at radius 2 is 1.92 bits per heavy atom. The summed E-state index contributed by atoms with van der Waals surface area (Å²) >= 11 is 3.09. The van der Waals surface area contributed by atoms with E-state index in [1.54, 1.807) is 18.2 Å². The van der Waals surface area contributed by atoms with Crippen molar-refractivity contribution in [2.75, 3.05) is 4.72 Å². The van der Waals surface area contributed by atoms with Gasteiger partial charge in [0.2, 0.25) is 10.0 Å². The van der Waals surface area contributed by atoms with Gasteiger partial charge >= 0.3 is 0 Å². The zero-order chi connectivity index (χ0) is 17.3. The van der Waals surface area contributed by atoms with Gasteiger partial charge in [-0.3, -0.25) is 14.8 Å². The molecule has 24 heavy (non-hydrogen) atoms. The molecule has 126 valence electrons. The summed E-state index contributed by atoms with van der Waals surface area (Å²) in [6, 6.07) is 11.7. The van der Waals surface area contributed by atoms with E-state index in [1.807, 2.05) is 12.1 Å². The van der Waals surface area contributed by atoms with Crippen LogP contribution in [0, 0.1) is 10.1 Å². The van der Waals surface area contributed by atoms with Crippen molar-refractivity contribution < 1.29 is 13.3 Å². The molecule has 1 fully saturated rings. The molecular formula is C16H15BrN2O4S. The largest absolute Gasteiger partial charge is 0.283 e. The van der Waals surface area contributed by atoms with E-state index in [0.717, 1.165) is 18.4 Å². The Labute approximate surface area is 148 Å². The van der Waals surface area contributed by atoms with Crippen LogP contribution in [-0.2, 0) is 15.8 Å². The first-order valence-electron chi connectivity index (χ1n) is 7.38. The number of nitrogens with one attached hydrogen (secondary N) is 1. The fraction of sp³-hybridized carbons (Fsp3) is 0.250. The van der Waals surface area contributed by atoms with Gasteiger partial charge < -0.3 is 0 Å². The van der Waals surface area contributed by atoms with Crippen molar-refractivity contribution in [3.63, 3.8) is 0 Å². The average Bonchev–Trinajstić information content (AvgIpc) is 3.33. The van der Waals surface area contributed by atoms with Crippen molar-refractivity contribution in [1.82, 2.24) is 0 Å². The lowest BCUT2D eigenvalue weighted by Gasteiger charge is -2.12. The Hall–Kier alpha value is -1.93. The molecule has 0 bridgehead atoms. The zero-order valence-electron chi connectivity index (χ0n) is 12.6. The van der Waals surface area contributed by atoms with Gasteiger partial charge in [-0.15, -0.1) is 0 Å². The van der Waals surface area contributed by atoms with Crippen LogP contribution in [0.15, 0.2) is 46.9 Å². The number of nitrogens with zero attached hydrogens (tertiary/aromatic N) is 1. The number of hydrogen-bond acceptors (Lipinski definition) is 4. The molecule has 0 heterocycles. The number of benzene rings is 2. The molecule has 2 aromatic carbocycles. The van der Waals surface area contributed by atoms with Gasteiger partial charge in [0.15, 0.2) is 0 Å². The van der Waals surface area contributed by atoms with Crippen LogP contribution in [0.3, 0.4) is 0 Å². The van der Waals surface area contributed by atoms with E-state index < -0.39 is 14.9 Å². The minimum absolute atomic E-state index is 0.152. The minimum Gasteiger partial charge on any atom is -0.283 e. The third-order valence-electron chi connectivity index (χ3n) is 3.81. The van der Waals surface area contributed by atoms with E-state index in [0.29, 0.717) is 21.6 Å². The van der Waals surface area contributed by atoms with E-state index in [2.05, 4.69) is 20.7 Å². The van der Waals surface area contributed by atoms with Crippen molar-refractivity contribution in [2.24, 2.45) is 0 Å². The minimum atomic E-state index is -3.66. The standard InChI is InChI=1S/C16H15BrN2O4S/c17-14-8-5-11(9-16(14)19(20)21)10-24(22,23)18-15-4-2-1-3-13(15)12-6-7-12/h1-5,8-9,12,18H,6-7,10H2. The summed E-state index contributed by atoms with van der Waals surface area (Å²) in [6.45, 7) is 0. The number of sulfonamides is 1. The highest BCUT2D eigenvalue weighted by molar-refractivity contribution is 9.10. The second-order valence-corrected chi connectivity index (χ2v) is 8.34. The molecule has 1 aliphatic carbocycles. The third kappa shape index (κ3) is 3.93. The van der Waals surface area contributed by atoms with Crippen LogP contribution in [0.2, 0.25) is 0 Å². The number of hydrogen-bond donors (Lipinski definition) is 1. The SMILES string of the molecule is O=[N+]([O-])c1cc(CS(=O)(=O)Nc2ccccc2C2CC2)ccc1Br. The number of nitro benzene ring substituents is 1. The van der Waals surface area contributed by atoms with Crippen LogP contribution >= 0.6 is 15.9 Å². The lowest BCUT2D eigenvalue weighted by molar-refractivity contribution is -0.385. The Kier molecular flexibility index (Phi) is 4.60. The molecule has 1 N–H and O–H groups in total. The highest BCUT2D eigenvalue weighted by Crippen LogP contribution is 2.43. The Morgan fingerprint density at radius 1 is 1.21 bits per heavy atom. The fourth-order valence-electron chi connectivity index (χ4n) is 2.55. The lowest BCUT2D eigenvalue weighted by Crippen LogP contribution is -2.16. The lowest BCUT2D eigenvalue weighted by atomic mass is 10.1. The molecule has 1 aliphatic rings. The van der Waals surface area contributed by atoms with Crippen molar-refractivity contribution in [3.8, 4) is 0 Å². The molecule has 6 nitrogen and oxygen atoms in total. The first-order valence-corrected chi connectivity index (χ1v) is 9.82. The maximum Gasteiger partial charge on any atom is 0.283 e. The van der Waals surface area contributed by atoms with E-state index >= 15 is 0 Å². The van der Waals surface area contributed by atoms with Gasteiger partial charge in [-0.2, -0.15) is 0 Å². The van der Waals surface area contributed by atoms with E-state index in [1.165, 1.54) is 12.1 Å². The van der Waals surface area contributed by atoms with Gasteiger partial charge in [0.1, 0.15) is 0 Å². The summed E-state index contributed by atoms with van der Waals surface area (Å²) in [5, 5.41) is 11.0. The van der Waals surface area contributed by atoms with Gasteiger partial charge in [0.05, 0.1) is 20.8 Å². The fourth-order valence-corrected chi connectivity index (χ4v) is 4.15. The van der Waals surface area contributed by atoms with E-state index in [9.17, 15) is 18.5 Å². The molecule has 1 saturated carbocycles. The summed E-state index contributed by atoms with van der Waals surface area (Å²) in [5.74, 6) is 0.0952. The van der Waals surface area contributed by atoms with Crippen LogP contribution in [-0.4, -0.2) is 13.3 Å². The van der Waals surface area contributed by atoms with Crippen molar-refractivity contribution in [1.29, 1.82) is 0 Å². The van der Waals surface area contributed by atoms with Crippen LogP contribution in [0.4, 0.5) is 11.4 Å². The summed E-state index contributed by atoms with van der Waals surface area (Å²) in [5.41, 5.74) is 1.80. The second kappa shape index (κ2) is 6.52. The number of rotatable bonds is 6. The Bertz CT molecular complexity index is 895. The van der Waals surface area contributed by atoms with Gasteiger partial charge in [0, 0.05) is 6.07 Å². The van der Waals surface area contributed by atoms with Crippen LogP contribution in [0.5, 0.6) is 0 Å². The molecule has 2 aromatic rings. The number of nitro groups is 1. The van der Waals surface area contributed by atoms with E-state index in [4.69, 9.17) is 0 Å². The molecule has 0 unspecified atom stereocenters. The number of para-hydroxylation sites is 1. The summed E-state index contributed by atoms with van der Waals surface area (Å²) < 4.78 is 27.8. The highest BCUT2D eigenvalue weighted by Gasteiger charge is 2.27. The monoisotopic (exact) mass is 410 g/mol. The topological polar surface area (TPSA) is 89.3 Å². The number of halogens is 1. The summed E-state index contributed by atoms with van der Waals surface area (Å²) in [7, 11) is -3.66. The molecule has 0 amide bonds. The second-order valence-electron chi connectivity index (χ2n) is 5.77. The van der Waals surface area contributed by atoms with E-state index in [-0.39, 0.29) is 11.4 Å². The van der Waals surface area contributed by atoms with Gasteiger partial charge in [-0.05, 0) is 57.9 Å². The zero-order valence-corrected chi connectivity index (χ0v) is 15.0. The Morgan fingerprint density at radius 3 is 2.58 bits per heavy atom. The summed E-state index contributed by atoms with van der Waals surface area (Å²) in [4.78, 5) is 10.4. The summed E-state index contributed by atoms with van der Waals surface area (Å²) in [6.07, 6.45) is 2.13. The van der Waals surface area contributed by atoms with Crippen LogP contribution in [0.25, 0.3) is 0 Å². The molecule has 0 spiro atoms. The molecular weight excluding hydrogens is 396 g/mol. The van der Waals surface area contributed by atoms with Crippen molar-refractivity contribution in [2.45, 2.75) is 24.5 Å². The van der Waals surface area contributed by atoms with Crippen molar-refractivity contribution >= 4 is 37.3 Å². The quantitative estimate of drug-likeness (QED) is 0.571. The number of anilines is 1. The molecule has 0 saturated heterocycles. The molecule has 0 aromatic heterocycles. The highest BCUT2D eigenvalue weighted by atomic mass is 79.9. The predicted octanol–water partition coefficient (Wildman–Crippen LogP) is 4.18. The Balaban J connectivity index is 1.82. The molecule has 3 rings (SSSR count). The first-order chi connectivity index (χ1) is 11.4. The molecule has 0 radical (unpaired) electrons. The maximum absolute atomic E-state index is 12.4. The van der Waals surface area contributed by atoms with Gasteiger partial charge in [-0.1, -0.05) is 24.3 Å². The third-order valence-corrected chi connectivity index (χ3v) is 5.72. The van der Waals surface area contributed by atoms with Crippen molar-refractivity contribution in [3.05, 3.63) is 68.2 Å².